The molecule has 0 bridgehead atoms. The van der Waals surface area contributed by atoms with Crippen LogP contribution in [-0.4, -0.2) is 21.2 Å². The Kier molecular flexibility index (Phi) is 2.89. The first-order valence-corrected chi connectivity index (χ1v) is 6.39. The van der Waals surface area contributed by atoms with E-state index >= 15 is 0 Å². The number of fused-ring (bicyclic) bond motifs is 1. The average molecular weight is 280 g/mol. The maximum atomic E-state index is 11.5. The summed E-state index contributed by atoms with van der Waals surface area (Å²) >= 11 is 0. The van der Waals surface area contributed by atoms with Crippen molar-refractivity contribution < 1.29 is 15.0 Å². The zero-order chi connectivity index (χ0) is 15.0. The van der Waals surface area contributed by atoms with Crippen molar-refractivity contribution in [2.24, 2.45) is 5.92 Å². The van der Waals surface area contributed by atoms with Crippen molar-refractivity contribution >= 4 is 16.9 Å². The third-order valence-electron chi connectivity index (χ3n) is 3.73. The lowest BCUT2D eigenvalue weighted by Crippen LogP contribution is -2.38. The second-order valence-corrected chi connectivity index (χ2v) is 4.96. The minimum atomic E-state index is -1.70. The van der Waals surface area contributed by atoms with E-state index in [4.69, 9.17) is 5.26 Å². The Labute approximate surface area is 120 Å². The summed E-state index contributed by atoms with van der Waals surface area (Å²) in [6.45, 7) is 0. The highest BCUT2D eigenvalue weighted by Crippen LogP contribution is 2.38. The van der Waals surface area contributed by atoms with Crippen molar-refractivity contribution in [3.8, 4) is 6.07 Å². The van der Waals surface area contributed by atoms with E-state index in [2.05, 4.69) is 4.98 Å². The van der Waals surface area contributed by atoms with Crippen LogP contribution in [-0.2, 0) is 10.4 Å². The van der Waals surface area contributed by atoms with E-state index in [9.17, 15) is 15.0 Å². The summed E-state index contributed by atoms with van der Waals surface area (Å²) < 4.78 is 0. The van der Waals surface area contributed by atoms with Crippen LogP contribution in [0.5, 0.6) is 0 Å². The number of aliphatic hydroxyl groups is 1. The standard InChI is InChI=1S/C16H12N2O3/c17-9-10-7-11-4-6-18-14(11)13(8-10)16(21)5-2-1-3-12(16)15(19)20/h1-8,12,18,21H,(H,19,20). The number of H-pyrrole nitrogens is 1. The average Bonchev–Trinajstić information content (AvgIpc) is 2.94. The summed E-state index contributed by atoms with van der Waals surface area (Å²) in [7, 11) is 0. The van der Waals surface area contributed by atoms with Crippen molar-refractivity contribution in [3.63, 3.8) is 0 Å². The molecule has 0 saturated carbocycles. The van der Waals surface area contributed by atoms with Crippen LogP contribution >= 0.6 is 0 Å². The van der Waals surface area contributed by atoms with Crippen LogP contribution < -0.4 is 0 Å². The molecule has 3 N–H and O–H groups in total. The number of benzene rings is 1. The summed E-state index contributed by atoms with van der Waals surface area (Å²) in [4.78, 5) is 14.5. The van der Waals surface area contributed by atoms with Crippen LogP contribution in [0.25, 0.3) is 10.9 Å². The highest BCUT2D eigenvalue weighted by Gasteiger charge is 2.42. The maximum absolute atomic E-state index is 11.5. The molecule has 1 aromatic heterocycles. The van der Waals surface area contributed by atoms with Gasteiger partial charge in [-0.1, -0.05) is 18.2 Å². The molecule has 0 aliphatic heterocycles. The number of aromatic nitrogens is 1. The predicted octanol–water partition coefficient (Wildman–Crippen LogP) is 2.05. The second-order valence-electron chi connectivity index (χ2n) is 4.96. The number of rotatable bonds is 2. The van der Waals surface area contributed by atoms with Crippen LogP contribution in [0.2, 0.25) is 0 Å². The number of carbonyl (C=O) groups is 1. The molecule has 0 fully saturated rings. The van der Waals surface area contributed by atoms with Crippen LogP contribution in [0, 0.1) is 17.2 Å². The lowest BCUT2D eigenvalue weighted by Gasteiger charge is -2.32. The van der Waals surface area contributed by atoms with E-state index in [1.807, 2.05) is 6.07 Å². The molecule has 3 rings (SSSR count). The molecule has 21 heavy (non-hydrogen) atoms. The van der Waals surface area contributed by atoms with Crippen LogP contribution in [0.3, 0.4) is 0 Å². The van der Waals surface area contributed by atoms with Crippen LogP contribution in [0.1, 0.15) is 11.1 Å². The number of nitrogens with one attached hydrogen (secondary N) is 1. The lowest BCUT2D eigenvalue weighted by atomic mass is 9.77. The molecule has 5 heteroatoms. The Morgan fingerprint density at radius 1 is 1.38 bits per heavy atom. The van der Waals surface area contributed by atoms with Crippen molar-refractivity contribution in [2.45, 2.75) is 5.60 Å². The molecule has 0 spiro atoms. The van der Waals surface area contributed by atoms with Crippen molar-refractivity contribution in [3.05, 3.63) is 59.8 Å². The fourth-order valence-corrected chi connectivity index (χ4v) is 2.71. The number of aliphatic carboxylic acids is 1. The quantitative estimate of drug-likeness (QED) is 0.784. The molecule has 0 amide bonds. The third-order valence-corrected chi connectivity index (χ3v) is 3.73. The fourth-order valence-electron chi connectivity index (χ4n) is 2.71. The van der Waals surface area contributed by atoms with Gasteiger partial charge in [0.1, 0.15) is 11.5 Å². The molecular formula is C16H12N2O3. The summed E-state index contributed by atoms with van der Waals surface area (Å²) in [5, 5.41) is 30.2. The highest BCUT2D eigenvalue weighted by molar-refractivity contribution is 5.87. The van der Waals surface area contributed by atoms with Crippen LogP contribution in [0.4, 0.5) is 0 Å². The van der Waals surface area contributed by atoms with E-state index in [1.54, 1.807) is 30.5 Å². The first-order chi connectivity index (χ1) is 10.1. The number of hydrogen-bond acceptors (Lipinski definition) is 3. The van der Waals surface area contributed by atoms with Crippen molar-refractivity contribution in [1.29, 1.82) is 5.26 Å². The number of hydrogen-bond donors (Lipinski definition) is 3. The minimum Gasteiger partial charge on any atom is -0.481 e. The van der Waals surface area contributed by atoms with E-state index < -0.39 is 17.5 Å². The lowest BCUT2D eigenvalue weighted by molar-refractivity contribution is -0.146. The second kappa shape index (κ2) is 4.62. The number of nitrogens with zero attached hydrogens (tertiary/aromatic N) is 1. The third kappa shape index (κ3) is 1.93. The molecule has 1 aromatic carbocycles. The van der Waals surface area contributed by atoms with Crippen molar-refractivity contribution in [1.82, 2.24) is 4.98 Å². The number of carboxylic acid groups (broad SMARTS) is 1. The van der Waals surface area contributed by atoms with Gasteiger partial charge in [0.05, 0.1) is 17.1 Å². The molecule has 1 heterocycles. The van der Waals surface area contributed by atoms with Gasteiger partial charge >= 0.3 is 5.97 Å². The first-order valence-electron chi connectivity index (χ1n) is 6.39. The molecule has 104 valence electrons. The summed E-state index contributed by atoms with van der Waals surface area (Å²) in [6, 6.07) is 7.03. The van der Waals surface area contributed by atoms with Gasteiger partial charge < -0.3 is 15.2 Å². The number of allylic oxidation sites excluding steroid dienone is 2. The molecule has 2 atom stereocenters. The Morgan fingerprint density at radius 3 is 2.90 bits per heavy atom. The summed E-state index contributed by atoms with van der Waals surface area (Å²) in [5.74, 6) is -2.23. The molecular weight excluding hydrogens is 268 g/mol. The van der Waals surface area contributed by atoms with Crippen molar-refractivity contribution in [2.75, 3.05) is 0 Å². The number of carboxylic acids is 1. The van der Waals surface area contributed by atoms with Gasteiger partial charge in [-0.2, -0.15) is 5.26 Å². The van der Waals surface area contributed by atoms with E-state index in [1.165, 1.54) is 18.2 Å². The molecule has 0 radical (unpaired) electrons. The summed E-state index contributed by atoms with van der Waals surface area (Å²) in [6.07, 6.45) is 7.77. The van der Waals surface area contributed by atoms with E-state index in [0.717, 1.165) is 5.39 Å². The minimum absolute atomic E-state index is 0.373. The largest absolute Gasteiger partial charge is 0.481 e. The Morgan fingerprint density at radius 2 is 2.19 bits per heavy atom. The van der Waals surface area contributed by atoms with Gasteiger partial charge in [-0.3, -0.25) is 4.79 Å². The zero-order valence-electron chi connectivity index (χ0n) is 10.9. The van der Waals surface area contributed by atoms with Gasteiger partial charge in [-0.15, -0.1) is 0 Å². The monoisotopic (exact) mass is 280 g/mol. The Hall–Kier alpha value is -2.84. The van der Waals surface area contributed by atoms with E-state index in [-0.39, 0.29) is 0 Å². The van der Waals surface area contributed by atoms with Gasteiger partial charge in [0.25, 0.3) is 0 Å². The first kappa shape index (κ1) is 13.2. The maximum Gasteiger partial charge on any atom is 0.314 e. The smallest absolute Gasteiger partial charge is 0.314 e. The normalized spacial score (nSPS) is 24.1. The van der Waals surface area contributed by atoms with Gasteiger partial charge in [0, 0.05) is 17.1 Å². The SMILES string of the molecule is N#Cc1cc(C2(O)C=CC=CC2C(=O)O)c2[nH]ccc2c1. The van der Waals surface area contributed by atoms with Gasteiger partial charge in [-0.25, -0.2) is 0 Å². The van der Waals surface area contributed by atoms with Gasteiger partial charge in [-0.05, 0) is 24.3 Å². The van der Waals surface area contributed by atoms with Gasteiger partial charge in [0.15, 0.2) is 0 Å². The molecule has 2 aromatic rings. The molecule has 1 aliphatic rings. The predicted molar refractivity (Wildman–Crippen MR) is 76.3 cm³/mol. The topological polar surface area (TPSA) is 97.1 Å². The molecule has 0 saturated heterocycles. The number of nitriles is 1. The molecule has 2 unspecified atom stereocenters. The van der Waals surface area contributed by atoms with Crippen LogP contribution in [0.15, 0.2) is 48.7 Å². The summed E-state index contributed by atoms with van der Waals surface area (Å²) in [5.41, 5.74) is -0.314. The van der Waals surface area contributed by atoms with E-state index in [0.29, 0.717) is 16.6 Å². The number of aromatic amines is 1. The Balaban J connectivity index is 2.30. The zero-order valence-corrected chi connectivity index (χ0v) is 10.9. The molecule has 1 aliphatic carbocycles. The Bertz CT molecular complexity index is 826. The highest BCUT2D eigenvalue weighted by atomic mass is 16.4. The van der Waals surface area contributed by atoms with Gasteiger partial charge in [0.2, 0.25) is 0 Å². The molecule has 5 nitrogen and oxygen atoms in total. The fraction of sp³-hybridized carbons (Fsp3) is 0.125.